The zero-order valence-electron chi connectivity index (χ0n) is 21.7. The highest BCUT2D eigenvalue weighted by Gasteiger charge is 2.28. The van der Waals surface area contributed by atoms with Gasteiger partial charge in [0.25, 0.3) is 0 Å². The van der Waals surface area contributed by atoms with Gasteiger partial charge in [-0.15, -0.1) is 0 Å². The monoisotopic (exact) mass is 538 g/mol. The second kappa shape index (κ2) is 12.1. The highest BCUT2D eigenvalue weighted by Crippen LogP contribution is 2.47. The SMILES string of the molecule is CN(C(=O)CCN1c2ccccc2Sc2ccccc21)C(Cc1ccc(OCc2ccccc2)cc1)C(=O)O. The minimum atomic E-state index is -1.03. The molecular weight excluding hydrogens is 508 g/mol. The van der Waals surface area contributed by atoms with Gasteiger partial charge in [-0.1, -0.05) is 78.5 Å². The van der Waals surface area contributed by atoms with Gasteiger partial charge in [0.2, 0.25) is 5.91 Å². The summed E-state index contributed by atoms with van der Waals surface area (Å²) in [5.41, 5.74) is 4.01. The number of carbonyl (C=O) groups excluding carboxylic acids is 1. The molecule has 0 aliphatic carbocycles. The molecule has 6 nitrogen and oxygen atoms in total. The van der Waals surface area contributed by atoms with Crippen LogP contribution in [0.5, 0.6) is 5.75 Å². The quantitative estimate of drug-likeness (QED) is 0.252. The number of anilines is 2. The minimum Gasteiger partial charge on any atom is -0.489 e. The second-order valence-corrected chi connectivity index (χ2v) is 10.5. The molecule has 0 saturated heterocycles. The molecule has 4 aromatic carbocycles. The van der Waals surface area contributed by atoms with Gasteiger partial charge in [0.1, 0.15) is 18.4 Å². The normalized spacial score (nSPS) is 12.7. The van der Waals surface area contributed by atoms with E-state index in [1.54, 1.807) is 18.8 Å². The summed E-state index contributed by atoms with van der Waals surface area (Å²) >= 11 is 1.72. The zero-order valence-corrected chi connectivity index (χ0v) is 22.5. The molecule has 198 valence electrons. The smallest absolute Gasteiger partial charge is 0.326 e. The van der Waals surface area contributed by atoms with Crippen molar-refractivity contribution >= 4 is 35.0 Å². The predicted octanol–water partition coefficient (Wildman–Crippen LogP) is 6.41. The van der Waals surface area contributed by atoms with Crippen molar-refractivity contribution in [2.75, 3.05) is 18.5 Å². The van der Waals surface area contributed by atoms with E-state index < -0.39 is 12.0 Å². The van der Waals surface area contributed by atoms with Gasteiger partial charge < -0.3 is 19.6 Å². The summed E-state index contributed by atoms with van der Waals surface area (Å²) in [6, 6.07) is 32.6. The molecule has 1 N–H and O–H groups in total. The number of fused-ring (bicyclic) bond motifs is 2. The number of aliphatic carboxylic acids is 1. The van der Waals surface area contributed by atoms with E-state index >= 15 is 0 Å². The average molecular weight is 539 g/mol. The van der Waals surface area contributed by atoms with Crippen LogP contribution in [-0.2, 0) is 22.6 Å². The number of ether oxygens (including phenoxy) is 1. The van der Waals surface area contributed by atoms with Gasteiger partial charge in [-0.2, -0.15) is 0 Å². The third-order valence-corrected chi connectivity index (χ3v) is 7.96. The standard InChI is InChI=1S/C32H30N2O4S/c1-33(28(32(36)37)21-23-15-17-25(18-16-23)38-22-24-9-3-2-4-10-24)31(35)19-20-34-26-11-5-7-13-29(26)39-30-14-8-6-12-27(30)34/h2-18,28H,19-22H2,1H3,(H,36,37). The summed E-state index contributed by atoms with van der Waals surface area (Å²) in [4.78, 5) is 31.2. The Hall–Kier alpha value is -4.23. The molecule has 1 amide bonds. The van der Waals surface area contributed by atoms with Crippen LogP contribution in [0.15, 0.2) is 113 Å². The molecule has 0 bridgehead atoms. The highest BCUT2D eigenvalue weighted by molar-refractivity contribution is 7.99. The van der Waals surface area contributed by atoms with Gasteiger partial charge in [-0.3, -0.25) is 4.79 Å². The van der Waals surface area contributed by atoms with Crippen LogP contribution in [0.1, 0.15) is 17.5 Å². The molecule has 1 unspecified atom stereocenters. The Morgan fingerprint density at radius 3 is 2.03 bits per heavy atom. The Morgan fingerprint density at radius 2 is 1.41 bits per heavy atom. The lowest BCUT2D eigenvalue weighted by molar-refractivity contribution is -0.148. The number of carbonyl (C=O) groups is 2. The summed E-state index contributed by atoms with van der Waals surface area (Å²) in [6.07, 6.45) is 0.405. The average Bonchev–Trinajstić information content (AvgIpc) is 2.97. The highest BCUT2D eigenvalue weighted by atomic mass is 32.2. The molecule has 0 radical (unpaired) electrons. The number of amides is 1. The number of hydrogen-bond donors (Lipinski definition) is 1. The van der Waals surface area contributed by atoms with Gasteiger partial charge in [0.05, 0.1) is 11.4 Å². The summed E-state index contributed by atoms with van der Waals surface area (Å²) in [7, 11) is 1.58. The maximum atomic E-state index is 13.2. The lowest BCUT2D eigenvalue weighted by Gasteiger charge is -2.33. The molecule has 5 rings (SSSR count). The molecule has 4 aromatic rings. The van der Waals surface area contributed by atoms with Crippen LogP contribution in [0.25, 0.3) is 0 Å². The largest absolute Gasteiger partial charge is 0.489 e. The Balaban J connectivity index is 1.22. The summed E-state index contributed by atoms with van der Waals surface area (Å²) in [6.45, 7) is 0.914. The van der Waals surface area contributed by atoms with E-state index in [4.69, 9.17) is 4.74 Å². The molecular formula is C32H30N2O4S. The van der Waals surface area contributed by atoms with Gasteiger partial charge in [0, 0.05) is 36.2 Å². The van der Waals surface area contributed by atoms with Crippen LogP contribution in [0.2, 0.25) is 0 Å². The van der Waals surface area contributed by atoms with Gasteiger partial charge in [0.15, 0.2) is 0 Å². The number of rotatable bonds is 10. The van der Waals surface area contributed by atoms with Crippen molar-refractivity contribution in [1.29, 1.82) is 0 Å². The van der Waals surface area contributed by atoms with Gasteiger partial charge in [-0.25, -0.2) is 4.79 Å². The Kier molecular flexibility index (Phi) is 8.18. The number of benzene rings is 4. The fourth-order valence-electron chi connectivity index (χ4n) is 4.66. The maximum Gasteiger partial charge on any atom is 0.326 e. The summed E-state index contributed by atoms with van der Waals surface area (Å²) in [5, 5.41) is 9.96. The number of nitrogens with zero attached hydrogens (tertiary/aromatic N) is 2. The molecule has 0 saturated carbocycles. The third-order valence-electron chi connectivity index (χ3n) is 6.83. The van der Waals surface area contributed by atoms with E-state index in [2.05, 4.69) is 29.2 Å². The van der Waals surface area contributed by atoms with Crippen molar-refractivity contribution in [2.45, 2.75) is 35.3 Å². The molecule has 39 heavy (non-hydrogen) atoms. The zero-order chi connectivity index (χ0) is 27.2. The first kappa shape index (κ1) is 26.4. The molecule has 1 aliphatic heterocycles. The number of carboxylic acids is 1. The lowest BCUT2D eigenvalue weighted by atomic mass is 10.0. The number of hydrogen-bond acceptors (Lipinski definition) is 5. The summed E-state index contributed by atoms with van der Waals surface area (Å²) < 4.78 is 5.84. The topological polar surface area (TPSA) is 70.1 Å². The molecule has 0 spiro atoms. The molecule has 0 fully saturated rings. The Morgan fingerprint density at radius 1 is 0.821 bits per heavy atom. The Bertz CT molecular complexity index is 1400. The van der Waals surface area contributed by atoms with Crippen LogP contribution < -0.4 is 9.64 Å². The molecule has 1 aliphatic rings. The Labute approximate surface area is 232 Å². The van der Waals surface area contributed by atoms with Gasteiger partial charge in [-0.05, 0) is 47.5 Å². The van der Waals surface area contributed by atoms with Crippen molar-refractivity contribution < 1.29 is 19.4 Å². The first-order valence-electron chi connectivity index (χ1n) is 12.9. The molecule has 1 heterocycles. The number of likely N-dealkylation sites (N-methyl/N-ethyl adjacent to an activating group) is 1. The first-order chi connectivity index (χ1) is 19.0. The number of para-hydroxylation sites is 2. The fourth-order valence-corrected chi connectivity index (χ4v) is 5.75. The predicted molar refractivity (Wildman–Crippen MR) is 154 cm³/mol. The number of carboxylic acid groups (broad SMARTS) is 1. The second-order valence-electron chi connectivity index (χ2n) is 9.42. The maximum absolute atomic E-state index is 13.2. The van der Waals surface area contributed by atoms with Crippen LogP contribution in [0.4, 0.5) is 11.4 Å². The van der Waals surface area contributed by atoms with Crippen LogP contribution in [-0.4, -0.2) is 41.5 Å². The van der Waals surface area contributed by atoms with Crippen LogP contribution >= 0.6 is 11.8 Å². The van der Waals surface area contributed by atoms with E-state index in [1.807, 2.05) is 78.9 Å². The molecule has 7 heteroatoms. The van der Waals surface area contributed by atoms with Crippen LogP contribution in [0.3, 0.4) is 0 Å². The van der Waals surface area contributed by atoms with Crippen molar-refractivity contribution in [3.8, 4) is 5.75 Å². The van der Waals surface area contributed by atoms with Crippen molar-refractivity contribution in [3.05, 3.63) is 114 Å². The van der Waals surface area contributed by atoms with E-state index in [0.717, 1.165) is 32.3 Å². The van der Waals surface area contributed by atoms with Crippen molar-refractivity contribution in [3.63, 3.8) is 0 Å². The van der Waals surface area contributed by atoms with Gasteiger partial charge >= 0.3 is 5.97 Å². The van der Waals surface area contributed by atoms with Crippen molar-refractivity contribution in [1.82, 2.24) is 4.90 Å². The molecule has 1 atom stereocenters. The lowest BCUT2D eigenvalue weighted by Crippen LogP contribution is -2.44. The first-order valence-corrected chi connectivity index (χ1v) is 13.7. The van der Waals surface area contributed by atoms with Crippen LogP contribution in [0, 0.1) is 0 Å². The van der Waals surface area contributed by atoms with E-state index in [0.29, 0.717) is 18.9 Å². The van der Waals surface area contributed by atoms with E-state index in [9.17, 15) is 14.7 Å². The minimum absolute atomic E-state index is 0.194. The molecule has 0 aromatic heterocycles. The fraction of sp³-hybridized carbons (Fsp3) is 0.188. The summed E-state index contributed by atoms with van der Waals surface area (Å²) in [5.74, 6) is -0.530. The third kappa shape index (κ3) is 6.26. The van der Waals surface area contributed by atoms with Crippen molar-refractivity contribution in [2.24, 2.45) is 0 Å². The van der Waals surface area contributed by atoms with E-state index in [1.165, 1.54) is 4.90 Å². The van der Waals surface area contributed by atoms with E-state index in [-0.39, 0.29) is 18.7 Å².